The van der Waals surface area contributed by atoms with E-state index in [0.717, 1.165) is 33.5 Å². The number of fused-ring (bicyclic) bond motifs is 1. The largest absolute Gasteiger partial charge is 0.387 e. The summed E-state index contributed by atoms with van der Waals surface area (Å²) in [6.07, 6.45) is -0.429. The highest BCUT2D eigenvalue weighted by molar-refractivity contribution is 5.81. The van der Waals surface area contributed by atoms with Gasteiger partial charge in [0.15, 0.2) is 0 Å². The highest BCUT2D eigenvalue weighted by atomic mass is 16.3. The Balaban J connectivity index is 1.57. The number of aliphatic hydroxyl groups is 1. The van der Waals surface area contributed by atoms with E-state index in [-0.39, 0.29) is 18.9 Å². The molecule has 0 saturated carbocycles. The number of carbonyl (C=O) groups is 1. The van der Waals surface area contributed by atoms with Crippen molar-refractivity contribution < 1.29 is 9.90 Å². The summed E-state index contributed by atoms with van der Waals surface area (Å²) in [6, 6.07) is 13.4. The van der Waals surface area contributed by atoms with Crippen LogP contribution >= 0.6 is 0 Å². The average molecular weight is 323 g/mol. The van der Waals surface area contributed by atoms with E-state index in [2.05, 4.69) is 15.3 Å². The number of rotatable bonds is 5. The number of hydrogen-bond acceptors (Lipinski definition) is 3. The van der Waals surface area contributed by atoms with Crippen LogP contribution in [-0.4, -0.2) is 27.5 Å². The van der Waals surface area contributed by atoms with Crippen molar-refractivity contribution in [3.05, 3.63) is 65.0 Å². The second-order valence-electron chi connectivity index (χ2n) is 6.08. The topological polar surface area (TPSA) is 78.0 Å². The molecule has 1 unspecified atom stereocenters. The second kappa shape index (κ2) is 6.84. The second-order valence-corrected chi connectivity index (χ2v) is 6.08. The summed E-state index contributed by atoms with van der Waals surface area (Å²) in [5, 5.41) is 12.9. The fourth-order valence-corrected chi connectivity index (χ4v) is 2.66. The molecular formula is C19H21N3O2. The molecule has 5 nitrogen and oxygen atoms in total. The molecule has 0 spiro atoms. The first-order valence-corrected chi connectivity index (χ1v) is 7.98. The Morgan fingerprint density at radius 2 is 1.96 bits per heavy atom. The summed E-state index contributed by atoms with van der Waals surface area (Å²) in [6.45, 7) is 4.10. The molecule has 3 N–H and O–H groups in total. The molecule has 1 amide bonds. The number of imidazole rings is 1. The van der Waals surface area contributed by atoms with Gasteiger partial charge in [-0.15, -0.1) is 0 Å². The van der Waals surface area contributed by atoms with Crippen LogP contribution in [0.3, 0.4) is 0 Å². The lowest BCUT2D eigenvalue weighted by Gasteiger charge is -2.12. The van der Waals surface area contributed by atoms with E-state index in [4.69, 9.17) is 0 Å². The van der Waals surface area contributed by atoms with Crippen LogP contribution in [0.15, 0.2) is 42.5 Å². The van der Waals surface area contributed by atoms with Gasteiger partial charge >= 0.3 is 0 Å². The number of nitrogens with zero attached hydrogens (tertiary/aromatic N) is 1. The fourth-order valence-electron chi connectivity index (χ4n) is 2.66. The van der Waals surface area contributed by atoms with E-state index in [1.165, 1.54) is 0 Å². The lowest BCUT2D eigenvalue weighted by atomic mass is 10.1. The molecule has 3 aromatic rings. The minimum Gasteiger partial charge on any atom is -0.387 e. The van der Waals surface area contributed by atoms with Crippen molar-refractivity contribution in [1.82, 2.24) is 15.3 Å². The normalized spacial score (nSPS) is 12.3. The highest BCUT2D eigenvalue weighted by Crippen LogP contribution is 2.15. The van der Waals surface area contributed by atoms with Gasteiger partial charge in [0.1, 0.15) is 5.82 Å². The molecule has 0 fully saturated rings. The van der Waals surface area contributed by atoms with Gasteiger partial charge in [-0.05, 0) is 37.1 Å². The number of H-pyrrole nitrogens is 1. The van der Waals surface area contributed by atoms with Crippen LogP contribution in [0.2, 0.25) is 0 Å². The van der Waals surface area contributed by atoms with Gasteiger partial charge in [-0.3, -0.25) is 4.79 Å². The van der Waals surface area contributed by atoms with Gasteiger partial charge in [-0.1, -0.05) is 35.9 Å². The first-order valence-electron chi connectivity index (χ1n) is 7.98. The lowest BCUT2D eigenvalue weighted by Crippen LogP contribution is -2.29. The van der Waals surface area contributed by atoms with E-state index in [0.29, 0.717) is 0 Å². The van der Waals surface area contributed by atoms with Crippen LogP contribution in [0.4, 0.5) is 0 Å². The maximum Gasteiger partial charge on any atom is 0.224 e. The number of carbonyl (C=O) groups excluding carboxylic acids is 1. The third-order valence-corrected chi connectivity index (χ3v) is 3.98. The Bertz CT molecular complexity index is 853. The molecule has 24 heavy (non-hydrogen) atoms. The number of nitrogens with one attached hydrogen (secondary N) is 2. The number of aromatic amines is 1. The molecule has 0 saturated heterocycles. The molecule has 0 radical (unpaired) electrons. The van der Waals surface area contributed by atoms with E-state index >= 15 is 0 Å². The van der Waals surface area contributed by atoms with Crippen LogP contribution in [0, 0.1) is 13.8 Å². The van der Waals surface area contributed by atoms with Crippen molar-refractivity contribution in [2.45, 2.75) is 26.4 Å². The first kappa shape index (κ1) is 16.2. The Morgan fingerprint density at radius 1 is 1.21 bits per heavy atom. The van der Waals surface area contributed by atoms with Gasteiger partial charge in [0.25, 0.3) is 0 Å². The average Bonchev–Trinajstić information content (AvgIpc) is 2.92. The molecule has 0 aliphatic carbocycles. The molecule has 3 rings (SSSR count). The van der Waals surface area contributed by atoms with Gasteiger partial charge in [-0.25, -0.2) is 4.98 Å². The Hall–Kier alpha value is -2.66. The molecule has 2 aromatic carbocycles. The van der Waals surface area contributed by atoms with E-state index < -0.39 is 6.10 Å². The van der Waals surface area contributed by atoms with Gasteiger partial charge < -0.3 is 15.4 Å². The molecule has 0 aliphatic rings. The van der Waals surface area contributed by atoms with Gasteiger partial charge in [0.05, 0.1) is 23.6 Å². The monoisotopic (exact) mass is 323 g/mol. The summed E-state index contributed by atoms with van der Waals surface area (Å²) < 4.78 is 0. The van der Waals surface area contributed by atoms with Crippen molar-refractivity contribution in [2.75, 3.05) is 6.54 Å². The fraction of sp³-hybridized carbons (Fsp3) is 0.263. The van der Waals surface area contributed by atoms with Crippen molar-refractivity contribution >= 4 is 16.9 Å². The zero-order valence-electron chi connectivity index (χ0n) is 13.8. The number of benzene rings is 2. The summed E-state index contributed by atoms with van der Waals surface area (Å²) in [5.74, 6) is 0.740. The molecule has 5 heteroatoms. The number of aliphatic hydroxyl groups excluding tert-OH is 1. The van der Waals surface area contributed by atoms with Crippen LogP contribution in [-0.2, 0) is 11.2 Å². The Labute approximate surface area is 140 Å². The third-order valence-electron chi connectivity index (χ3n) is 3.98. The van der Waals surface area contributed by atoms with Gasteiger partial charge in [-0.2, -0.15) is 0 Å². The summed E-state index contributed by atoms with van der Waals surface area (Å²) in [7, 11) is 0. The molecule has 1 aromatic heterocycles. The third kappa shape index (κ3) is 3.81. The molecular weight excluding hydrogens is 302 g/mol. The molecule has 1 atom stereocenters. The van der Waals surface area contributed by atoms with Crippen molar-refractivity contribution in [3.8, 4) is 0 Å². The van der Waals surface area contributed by atoms with E-state index in [9.17, 15) is 9.90 Å². The molecule has 0 aliphatic heterocycles. The van der Waals surface area contributed by atoms with Crippen molar-refractivity contribution in [3.63, 3.8) is 0 Å². The Kier molecular flexibility index (Phi) is 4.62. The predicted octanol–water partition coefficient (Wildman–Crippen LogP) is 2.57. The maximum atomic E-state index is 12.1. The minimum absolute atomic E-state index is 0.114. The minimum atomic E-state index is -0.702. The highest BCUT2D eigenvalue weighted by Gasteiger charge is 2.10. The van der Waals surface area contributed by atoms with E-state index in [1.54, 1.807) is 0 Å². The zero-order valence-corrected chi connectivity index (χ0v) is 13.8. The van der Waals surface area contributed by atoms with E-state index in [1.807, 2.05) is 56.3 Å². The SMILES string of the molecule is Cc1ccc(C(O)CNC(=O)Cc2ccc3nc(C)[nH]c3c2)cc1. The maximum absolute atomic E-state index is 12.1. The molecule has 124 valence electrons. The van der Waals surface area contributed by atoms with Crippen LogP contribution < -0.4 is 5.32 Å². The number of aromatic nitrogens is 2. The van der Waals surface area contributed by atoms with Crippen LogP contribution in [0.1, 0.15) is 28.6 Å². The number of aryl methyl sites for hydroxylation is 2. The quantitative estimate of drug-likeness (QED) is 0.675. The smallest absolute Gasteiger partial charge is 0.224 e. The summed E-state index contributed by atoms with van der Waals surface area (Å²) in [5.41, 5.74) is 4.67. The summed E-state index contributed by atoms with van der Waals surface area (Å²) >= 11 is 0. The van der Waals surface area contributed by atoms with Gasteiger partial charge in [0, 0.05) is 6.54 Å². The molecule has 1 heterocycles. The van der Waals surface area contributed by atoms with Crippen molar-refractivity contribution in [1.29, 1.82) is 0 Å². The first-order chi connectivity index (χ1) is 11.5. The number of amides is 1. The zero-order chi connectivity index (χ0) is 17.1. The standard InChI is InChI=1S/C19H21N3O2/c1-12-3-6-15(7-4-12)18(23)11-20-19(24)10-14-5-8-16-17(9-14)22-13(2)21-16/h3-9,18,23H,10-11H2,1-2H3,(H,20,24)(H,21,22). The van der Waals surface area contributed by atoms with Crippen LogP contribution in [0.25, 0.3) is 11.0 Å². The predicted molar refractivity (Wildman–Crippen MR) is 93.7 cm³/mol. The molecule has 0 bridgehead atoms. The van der Waals surface area contributed by atoms with Gasteiger partial charge in [0.2, 0.25) is 5.91 Å². The lowest BCUT2D eigenvalue weighted by molar-refractivity contribution is -0.120. The van der Waals surface area contributed by atoms with Crippen molar-refractivity contribution in [2.24, 2.45) is 0 Å². The summed E-state index contributed by atoms with van der Waals surface area (Å²) in [4.78, 5) is 19.6. The van der Waals surface area contributed by atoms with Crippen LogP contribution in [0.5, 0.6) is 0 Å². The Morgan fingerprint density at radius 3 is 2.71 bits per heavy atom. The number of hydrogen-bond donors (Lipinski definition) is 3.